The van der Waals surface area contributed by atoms with Crippen molar-refractivity contribution in [3.8, 4) is 0 Å². The van der Waals surface area contributed by atoms with Crippen LogP contribution in [0, 0.1) is 0 Å². The van der Waals surface area contributed by atoms with E-state index >= 15 is 0 Å². The molecule has 22 heavy (non-hydrogen) atoms. The van der Waals surface area contributed by atoms with Gasteiger partial charge in [-0.05, 0) is 12.6 Å². The number of aromatic nitrogens is 3. The third kappa shape index (κ3) is 3.51. The minimum absolute atomic E-state index is 0.667. The lowest BCUT2D eigenvalue weighted by Gasteiger charge is -2.33. The molecule has 0 aliphatic carbocycles. The van der Waals surface area contributed by atoms with Gasteiger partial charge in [-0.3, -0.25) is 0 Å². The summed E-state index contributed by atoms with van der Waals surface area (Å²) in [7, 11) is 4.15. The molecule has 1 aromatic heterocycles. The van der Waals surface area contributed by atoms with Crippen LogP contribution in [0.4, 0.5) is 11.8 Å². The summed E-state index contributed by atoms with van der Waals surface area (Å²) in [6, 6.07) is 10.3. The summed E-state index contributed by atoms with van der Waals surface area (Å²) in [6.07, 6.45) is 1.76. The molecule has 116 valence electrons. The van der Waals surface area contributed by atoms with Gasteiger partial charge in [0.1, 0.15) is 0 Å². The Labute approximate surface area is 131 Å². The van der Waals surface area contributed by atoms with E-state index in [0.29, 0.717) is 5.95 Å². The third-order valence-corrected chi connectivity index (χ3v) is 3.97. The highest BCUT2D eigenvalue weighted by Gasteiger charge is 2.17. The molecular formula is C16H22N6. The first-order chi connectivity index (χ1) is 10.7. The Morgan fingerprint density at radius 3 is 2.55 bits per heavy atom. The zero-order chi connectivity index (χ0) is 15.4. The lowest BCUT2D eigenvalue weighted by Crippen LogP contribution is -2.45. The highest BCUT2D eigenvalue weighted by Crippen LogP contribution is 2.16. The number of benzene rings is 1. The summed E-state index contributed by atoms with van der Waals surface area (Å²) < 4.78 is 0. The van der Waals surface area contributed by atoms with Crippen LogP contribution >= 0.6 is 0 Å². The van der Waals surface area contributed by atoms with Crippen molar-refractivity contribution in [2.45, 2.75) is 6.54 Å². The Morgan fingerprint density at radius 1 is 1.09 bits per heavy atom. The zero-order valence-electron chi connectivity index (χ0n) is 13.2. The van der Waals surface area contributed by atoms with Gasteiger partial charge in [0.2, 0.25) is 5.95 Å². The first-order valence-corrected chi connectivity index (χ1v) is 7.60. The number of piperazine rings is 1. The van der Waals surface area contributed by atoms with E-state index in [1.807, 2.05) is 30.1 Å². The fourth-order valence-electron chi connectivity index (χ4n) is 2.56. The molecule has 2 heterocycles. The van der Waals surface area contributed by atoms with Gasteiger partial charge in [0.05, 0.1) is 6.20 Å². The van der Waals surface area contributed by atoms with Crippen molar-refractivity contribution in [3.63, 3.8) is 0 Å². The molecule has 2 aromatic rings. The molecule has 0 unspecified atom stereocenters. The monoisotopic (exact) mass is 298 g/mol. The molecule has 3 rings (SSSR count). The van der Waals surface area contributed by atoms with Crippen LogP contribution in [0.1, 0.15) is 5.56 Å². The van der Waals surface area contributed by atoms with Crippen LogP contribution in [0.15, 0.2) is 36.5 Å². The van der Waals surface area contributed by atoms with E-state index in [0.717, 1.165) is 38.5 Å². The van der Waals surface area contributed by atoms with E-state index in [4.69, 9.17) is 0 Å². The predicted molar refractivity (Wildman–Crippen MR) is 88.1 cm³/mol. The number of nitrogens with zero attached hydrogens (tertiary/aromatic N) is 6. The summed E-state index contributed by atoms with van der Waals surface area (Å²) in [5.41, 5.74) is 1.23. The van der Waals surface area contributed by atoms with Crippen molar-refractivity contribution in [2.75, 3.05) is 50.1 Å². The summed E-state index contributed by atoms with van der Waals surface area (Å²) in [4.78, 5) is 11.3. The molecule has 0 N–H and O–H groups in total. The van der Waals surface area contributed by atoms with Crippen LogP contribution in [0.2, 0.25) is 0 Å². The van der Waals surface area contributed by atoms with E-state index in [1.165, 1.54) is 5.56 Å². The van der Waals surface area contributed by atoms with Crippen LogP contribution in [0.25, 0.3) is 0 Å². The number of hydrogen-bond acceptors (Lipinski definition) is 6. The zero-order valence-corrected chi connectivity index (χ0v) is 13.2. The number of likely N-dealkylation sites (N-methyl/N-ethyl adjacent to an activating group) is 1. The SMILES string of the molecule is CN1CCN(c2cnnc(N(C)Cc3ccccc3)n2)CC1. The van der Waals surface area contributed by atoms with Gasteiger partial charge in [0.15, 0.2) is 5.82 Å². The van der Waals surface area contributed by atoms with Gasteiger partial charge < -0.3 is 14.7 Å². The Kier molecular flexibility index (Phi) is 4.48. The largest absolute Gasteiger partial charge is 0.353 e. The molecule has 1 aromatic carbocycles. The lowest BCUT2D eigenvalue weighted by atomic mass is 10.2. The molecule has 6 heteroatoms. The Bertz CT molecular complexity index is 595. The van der Waals surface area contributed by atoms with Crippen molar-refractivity contribution in [1.82, 2.24) is 20.1 Å². The van der Waals surface area contributed by atoms with Crippen molar-refractivity contribution in [2.24, 2.45) is 0 Å². The van der Waals surface area contributed by atoms with Gasteiger partial charge in [-0.15, -0.1) is 5.10 Å². The lowest BCUT2D eigenvalue weighted by molar-refractivity contribution is 0.312. The van der Waals surface area contributed by atoms with E-state index in [2.05, 4.69) is 44.2 Å². The smallest absolute Gasteiger partial charge is 0.247 e. The molecular weight excluding hydrogens is 276 g/mol. The van der Waals surface area contributed by atoms with Crippen molar-refractivity contribution in [1.29, 1.82) is 0 Å². The summed E-state index contributed by atoms with van der Waals surface area (Å²) >= 11 is 0. The topological polar surface area (TPSA) is 48.4 Å². The van der Waals surface area contributed by atoms with E-state index in [9.17, 15) is 0 Å². The quantitative estimate of drug-likeness (QED) is 0.847. The van der Waals surface area contributed by atoms with Crippen molar-refractivity contribution < 1.29 is 0 Å². The summed E-state index contributed by atoms with van der Waals surface area (Å²) in [5.74, 6) is 1.58. The standard InChI is InChI=1S/C16H22N6/c1-20-8-10-22(11-9-20)15-12-17-19-16(18-15)21(2)13-14-6-4-3-5-7-14/h3-7,12H,8-11,13H2,1-2H3. The molecule has 0 radical (unpaired) electrons. The third-order valence-electron chi connectivity index (χ3n) is 3.97. The maximum atomic E-state index is 4.68. The molecule has 1 aliphatic heterocycles. The van der Waals surface area contributed by atoms with Gasteiger partial charge in [-0.2, -0.15) is 10.1 Å². The number of hydrogen-bond donors (Lipinski definition) is 0. The average molecular weight is 298 g/mol. The molecule has 0 amide bonds. The Morgan fingerprint density at radius 2 is 1.82 bits per heavy atom. The van der Waals surface area contributed by atoms with E-state index in [1.54, 1.807) is 6.20 Å². The first-order valence-electron chi connectivity index (χ1n) is 7.60. The maximum Gasteiger partial charge on any atom is 0.247 e. The molecule has 0 atom stereocenters. The Hall–Kier alpha value is -2.21. The molecule has 1 fully saturated rings. The van der Waals surface area contributed by atoms with Crippen LogP contribution in [-0.4, -0.2) is 60.4 Å². The number of rotatable bonds is 4. The van der Waals surface area contributed by atoms with Gasteiger partial charge in [0, 0.05) is 39.8 Å². The van der Waals surface area contributed by atoms with Gasteiger partial charge >= 0.3 is 0 Å². The molecule has 6 nitrogen and oxygen atoms in total. The van der Waals surface area contributed by atoms with Gasteiger partial charge in [-0.25, -0.2) is 0 Å². The minimum atomic E-state index is 0.667. The average Bonchev–Trinajstić information content (AvgIpc) is 2.56. The maximum absolute atomic E-state index is 4.68. The van der Waals surface area contributed by atoms with Crippen LogP contribution in [0.3, 0.4) is 0 Å². The van der Waals surface area contributed by atoms with Crippen molar-refractivity contribution >= 4 is 11.8 Å². The van der Waals surface area contributed by atoms with Gasteiger partial charge in [-0.1, -0.05) is 30.3 Å². The molecule has 0 bridgehead atoms. The fourth-order valence-corrected chi connectivity index (χ4v) is 2.56. The van der Waals surface area contributed by atoms with Crippen LogP contribution in [0.5, 0.6) is 0 Å². The summed E-state index contributed by atoms with van der Waals surface area (Å²) in [6.45, 7) is 4.85. The summed E-state index contributed by atoms with van der Waals surface area (Å²) in [5, 5.41) is 8.31. The molecule has 0 saturated carbocycles. The normalized spacial score (nSPS) is 15.8. The van der Waals surface area contributed by atoms with Crippen LogP contribution in [-0.2, 0) is 6.54 Å². The first kappa shape index (κ1) is 14.7. The van der Waals surface area contributed by atoms with Crippen molar-refractivity contribution in [3.05, 3.63) is 42.1 Å². The predicted octanol–water partition coefficient (Wildman–Crippen LogP) is 1.26. The highest BCUT2D eigenvalue weighted by atomic mass is 15.4. The fraction of sp³-hybridized carbons (Fsp3) is 0.438. The minimum Gasteiger partial charge on any atom is -0.353 e. The van der Waals surface area contributed by atoms with Crippen LogP contribution < -0.4 is 9.80 Å². The molecule has 1 aliphatic rings. The molecule has 0 spiro atoms. The highest BCUT2D eigenvalue weighted by molar-refractivity contribution is 5.42. The number of anilines is 2. The van der Waals surface area contributed by atoms with E-state index in [-0.39, 0.29) is 0 Å². The second-order valence-corrected chi connectivity index (χ2v) is 5.75. The van der Waals surface area contributed by atoms with E-state index < -0.39 is 0 Å². The second kappa shape index (κ2) is 6.70. The second-order valence-electron chi connectivity index (χ2n) is 5.75. The van der Waals surface area contributed by atoms with Gasteiger partial charge in [0.25, 0.3) is 0 Å². The Balaban J connectivity index is 1.70. The molecule has 1 saturated heterocycles.